The second-order valence-electron chi connectivity index (χ2n) is 14.3. The molecule has 0 radical (unpaired) electrons. The molecular formula is C38H49FN2O5. The first-order valence-electron chi connectivity index (χ1n) is 16.6. The molecule has 7 nitrogen and oxygen atoms in total. The molecule has 5 rings (SSSR count). The van der Waals surface area contributed by atoms with Crippen molar-refractivity contribution in [1.82, 2.24) is 0 Å². The molecule has 2 aliphatic rings. The van der Waals surface area contributed by atoms with Crippen LogP contribution < -0.4 is 14.4 Å². The predicted octanol–water partition coefficient (Wildman–Crippen LogP) is 7.94. The second-order valence-corrected chi connectivity index (χ2v) is 14.3. The summed E-state index contributed by atoms with van der Waals surface area (Å²) < 4.78 is 32.4. The van der Waals surface area contributed by atoms with Crippen LogP contribution in [-0.2, 0) is 20.7 Å². The predicted molar refractivity (Wildman–Crippen MR) is 178 cm³/mol. The highest BCUT2D eigenvalue weighted by Crippen LogP contribution is 2.51. The number of ether oxygens (including phenoxy) is 3. The van der Waals surface area contributed by atoms with Gasteiger partial charge in [0.05, 0.1) is 35.1 Å². The fourth-order valence-electron chi connectivity index (χ4n) is 6.84. The lowest BCUT2D eigenvalue weighted by Gasteiger charge is -2.49. The third kappa shape index (κ3) is 7.49. The van der Waals surface area contributed by atoms with E-state index in [1.54, 1.807) is 19.1 Å². The fourth-order valence-corrected chi connectivity index (χ4v) is 6.84. The zero-order valence-electron chi connectivity index (χ0n) is 28.5. The van der Waals surface area contributed by atoms with E-state index in [1.807, 2.05) is 65.8 Å². The second kappa shape index (κ2) is 13.6. The molecule has 0 amide bonds. The highest BCUT2D eigenvalue weighted by molar-refractivity contribution is 5.88. The number of piperidine rings is 1. The Morgan fingerprint density at radius 1 is 0.978 bits per heavy atom. The van der Waals surface area contributed by atoms with Crippen LogP contribution >= 0.6 is 0 Å². The molecule has 1 aliphatic carbocycles. The summed E-state index contributed by atoms with van der Waals surface area (Å²) >= 11 is 0. The Balaban J connectivity index is 1.56. The van der Waals surface area contributed by atoms with Crippen molar-refractivity contribution in [3.05, 3.63) is 82.1 Å². The van der Waals surface area contributed by atoms with Crippen LogP contribution in [0.15, 0.2) is 48.5 Å². The normalized spacial score (nSPS) is 16.8. The molecule has 46 heavy (non-hydrogen) atoms. The third-order valence-electron chi connectivity index (χ3n) is 9.42. The summed E-state index contributed by atoms with van der Waals surface area (Å²) in [6, 6.07) is 14.2. The molecule has 1 atom stereocenters. The number of esters is 1. The molecule has 3 aromatic rings. The number of aromatic nitrogens is 1. The van der Waals surface area contributed by atoms with Gasteiger partial charge in [0.2, 0.25) is 0 Å². The van der Waals surface area contributed by atoms with Crippen LogP contribution in [0.1, 0.15) is 95.3 Å². The summed E-state index contributed by atoms with van der Waals surface area (Å²) in [5.41, 5.74) is 4.84. The number of carbonyl (C=O) groups is 1. The Hall–Kier alpha value is -3.65. The van der Waals surface area contributed by atoms with Gasteiger partial charge in [0, 0.05) is 33.4 Å². The number of rotatable bonds is 10. The van der Waals surface area contributed by atoms with E-state index in [4.69, 9.17) is 14.2 Å². The Labute approximate surface area is 273 Å². The average Bonchev–Trinajstić information content (AvgIpc) is 2.99. The Morgan fingerprint density at radius 3 is 2.15 bits per heavy atom. The third-order valence-corrected chi connectivity index (χ3v) is 9.42. The number of pyridine rings is 1. The standard InChI is InChI=1S/C38H49FN2O5/c1-25(2)45-36(42)35(46-37(5,6)7)33-27(4)41(43)26(3)32(34(33)40-22-20-38(21-23-40)18-8-19-38)29-11-15-31(16-12-29)44-24-17-28-9-13-30(39)14-10-28/h9-16,25,35H,8,17-24H2,1-7H3/t35-/m0/s1. The first-order valence-corrected chi connectivity index (χ1v) is 16.6. The molecule has 1 spiro atoms. The van der Waals surface area contributed by atoms with Crippen LogP contribution in [-0.4, -0.2) is 37.4 Å². The molecule has 2 fully saturated rings. The molecule has 0 unspecified atom stereocenters. The Morgan fingerprint density at radius 2 is 1.61 bits per heavy atom. The molecule has 248 valence electrons. The van der Waals surface area contributed by atoms with Gasteiger partial charge in [0.25, 0.3) is 0 Å². The fraction of sp³-hybridized carbons (Fsp3) is 0.526. The summed E-state index contributed by atoms with van der Waals surface area (Å²) in [6.07, 6.45) is 5.23. The van der Waals surface area contributed by atoms with Crippen molar-refractivity contribution in [3.8, 4) is 16.9 Å². The number of anilines is 1. The van der Waals surface area contributed by atoms with Crippen molar-refractivity contribution >= 4 is 11.7 Å². The van der Waals surface area contributed by atoms with Gasteiger partial charge < -0.3 is 24.3 Å². The first-order chi connectivity index (χ1) is 21.8. The van der Waals surface area contributed by atoms with Gasteiger partial charge >= 0.3 is 5.97 Å². The van der Waals surface area contributed by atoms with E-state index in [-0.39, 0.29) is 11.9 Å². The van der Waals surface area contributed by atoms with Crippen LogP contribution in [0.5, 0.6) is 5.75 Å². The largest absolute Gasteiger partial charge is 0.618 e. The molecule has 1 aliphatic heterocycles. The summed E-state index contributed by atoms with van der Waals surface area (Å²) in [4.78, 5) is 16.1. The maximum absolute atomic E-state index is 13.9. The van der Waals surface area contributed by atoms with Crippen LogP contribution in [0.3, 0.4) is 0 Å². The van der Waals surface area contributed by atoms with E-state index in [9.17, 15) is 14.4 Å². The Bertz CT molecular complexity index is 1510. The molecule has 0 N–H and O–H groups in total. The highest BCUT2D eigenvalue weighted by Gasteiger charge is 2.43. The average molecular weight is 633 g/mol. The lowest BCUT2D eigenvalue weighted by atomic mass is 9.63. The topological polar surface area (TPSA) is 74.9 Å². The van der Waals surface area contributed by atoms with Gasteiger partial charge in [-0.2, -0.15) is 4.73 Å². The maximum Gasteiger partial charge on any atom is 0.340 e. The van der Waals surface area contributed by atoms with Gasteiger partial charge in [0.1, 0.15) is 11.6 Å². The van der Waals surface area contributed by atoms with Crippen molar-refractivity contribution in [2.24, 2.45) is 5.41 Å². The van der Waals surface area contributed by atoms with E-state index >= 15 is 0 Å². The van der Waals surface area contributed by atoms with Crippen molar-refractivity contribution in [1.29, 1.82) is 0 Å². The lowest BCUT2D eigenvalue weighted by Crippen LogP contribution is -2.46. The van der Waals surface area contributed by atoms with E-state index in [2.05, 4.69) is 4.90 Å². The SMILES string of the molecule is Cc1c(-c2ccc(OCCc3ccc(F)cc3)cc2)c(N2CCC3(CCC3)CC2)c([C@H](OC(C)(C)C)C(=O)OC(C)C)c(C)[n+]1[O-]. The van der Waals surface area contributed by atoms with Crippen molar-refractivity contribution in [3.63, 3.8) is 0 Å². The monoisotopic (exact) mass is 632 g/mol. The van der Waals surface area contributed by atoms with E-state index in [1.165, 1.54) is 31.4 Å². The molecule has 2 heterocycles. The minimum Gasteiger partial charge on any atom is -0.618 e. The van der Waals surface area contributed by atoms with Crippen LogP contribution in [0.4, 0.5) is 10.1 Å². The quantitative estimate of drug-likeness (QED) is 0.128. The number of halogens is 1. The van der Waals surface area contributed by atoms with Gasteiger partial charge in [-0.05, 0) is 101 Å². The van der Waals surface area contributed by atoms with Gasteiger partial charge in [-0.3, -0.25) is 0 Å². The van der Waals surface area contributed by atoms with E-state index in [0.29, 0.717) is 41.1 Å². The van der Waals surface area contributed by atoms with Crippen molar-refractivity contribution < 1.29 is 28.1 Å². The summed E-state index contributed by atoms with van der Waals surface area (Å²) in [7, 11) is 0. The van der Waals surface area contributed by atoms with Crippen LogP contribution in [0.2, 0.25) is 0 Å². The van der Waals surface area contributed by atoms with Crippen LogP contribution in [0, 0.1) is 30.3 Å². The van der Waals surface area contributed by atoms with Gasteiger partial charge in [-0.15, -0.1) is 0 Å². The maximum atomic E-state index is 13.9. The number of nitrogens with zero attached hydrogens (tertiary/aromatic N) is 2. The van der Waals surface area contributed by atoms with E-state index < -0.39 is 17.7 Å². The molecule has 2 aromatic carbocycles. The zero-order chi connectivity index (χ0) is 33.2. The molecule has 8 heteroatoms. The first kappa shape index (κ1) is 33.7. The summed E-state index contributed by atoms with van der Waals surface area (Å²) in [5, 5.41) is 13.9. The van der Waals surface area contributed by atoms with Crippen LogP contribution in [0.25, 0.3) is 11.1 Å². The zero-order valence-corrected chi connectivity index (χ0v) is 28.5. The van der Waals surface area contributed by atoms with Crippen molar-refractivity contribution in [2.45, 2.75) is 105 Å². The minimum absolute atomic E-state index is 0.256. The lowest BCUT2D eigenvalue weighted by molar-refractivity contribution is -0.619. The molecule has 1 aromatic heterocycles. The van der Waals surface area contributed by atoms with Crippen molar-refractivity contribution in [2.75, 3.05) is 24.6 Å². The smallest absolute Gasteiger partial charge is 0.340 e. The summed E-state index contributed by atoms with van der Waals surface area (Å²) in [5.74, 6) is -0.0537. The summed E-state index contributed by atoms with van der Waals surface area (Å²) in [6.45, 7) is 15.1. The molecule has 1 saturated heterocycles. The minimum atomic E-state index is -1.08. The van der Waals surface area contributed by atoms with Gasteiger partial charge in [-0.25, -0.2) is 9.18 Å². The number of carbonyl (C=O) groups excluding carboxylic acids is 1. The molecule has 1 saturated carbocycles. The highest BCUT2D eigenvalue weighted by atomic mass is 19.1. The Kier molecular flexibility index (Phi) is 9.97. The van der Waals surface area contributed by atoms with Gasteiger partial charge in [-0.1, -0.05) is 30.7 Å². The molecular weight excluding hydrogens is 583 g/mol. The number of hydrogen-bond acceptors (Lipinski definition) is 6. The number of hydrogen-bond donors (Lipinski definition) is 0. The number of benzene rings is 2. The van der Waals surface area contributed by atoms with Gasteiger partial charge in [0.15, 0.2) is 17.5 Å². The molecule has 0 bridgehead atoms. The van der Waals surface area contributed by atoms with E-state index in [0.717, 1.165) is 53.0 Å².